The maximum absolute atomic E-state index is 5.15. The molecule has 0 bridgehead atoms. The van der Waals surface area contributed by atoms with Crippen LogP contribution < -0.4 is 15.0 Å². The van der Waals surface area contributed by atoms with E-state index in [9.17, 15) is 0 Å². The molecule has 0 aliphatic carbocycles. The van der Waals surface area contributed by atoms with Gasteiger partial charge >= 0.3 is 0 Å². The Morgan fingerprint density at radius 2 is 2.33 bits per heavy atom. The minimum absolute atomic E-state index is 0.563. The lowest BCUT2D eigenvalue weighted by Gasteiger charge is -2.36. The number of piperidine rings is 1. The van der Waals surface area contributed by atoms with Gasteiger partial charge in [0, 0.05) is 12.6 Å². The second kappa shape index (κ2) is 6.54. The van der Waals surface area contributed by atoms with Crippen LogP contribution in [-0.2, 0) is 0 Å². The number of aromatic nitrogens is 2. The second-order valence-corrected chi connectivity index (χ2v) is 4.65. The van der Waals surface area contributed by atoms with Crippen molar-refractivity contribution < 1.29 is 4.74 Å². The van der Waals surface area contributed by atoms with Crippen LogP contribution >= 0.6 is 0 Å². The Morgan fingerprint density at radius 1 is 1.44 bits per heavy atom. The molecule has 0 saturated carbocycles. The first kappa shape index (κ1) is 13.1. The van der Waals surface area contributed by atoms with Crippen LogP contribution in [0.25, 0.3) is 0 Å². The van der Waals surface area contributed by atoms with E-state index in [-0.39, 0.29) is 0 Å². The molecule has 18 heavy (non-hydrogen) atoms. The normalized spacial score (nSPS) is 19.9. The molecule has 100 valence electrons. The molecule has 5 nitrogen and oxygen atoms in total. The van der Waals surface area contributed by atoms with Crippen LogP contribution in [0.5, 0.6) is 5.88 Å². The van der Waals surface area contributed by atoms with Crippen LogP contribution in [0.2, 0.25) is 0 Å². The molecule has 5 heteroatoms. The van der Waals surface area contributed by atoms with Crippen molar-refractivity contribution in [2.75, 3.05) is 32.1 Å². The smallest absolute Gasteiger partial charge is 0.233 e. The predicted octanol–water partition coefficient (Wildman–Crippen LogP) is 1.45. The minimum atomic E-state index is 0.563. The third-order valence-electron chi connectivity index (χ3n) is 3.46. The first-order valence-corrected chi connectivity index (χ1v) is 6.62. The lowest BCUT2D eigenvalue weighted by atomic mass is 9.99. The minimum Gasteiger partial charge on any atom is -0.480 e. The molecule has 1 unspecified atom stereocenters. The van der Waals surface area contributed by atoms with Gasteiger partial charge in [0.1, 0.15) is 0 Å². The van der Waals surface area contributed by atoms with E-state index in [4.69, 9.17) is 4.74 Å². The van der Waals surface area contributed by atoms with Crippen molar-refractivity contribution in [2.45, 2.75) is 31.7 Å². The van der Waals surface area contributed by atoms with E-state index in [0.717, 1.165) is 25.3 Å². The molecule has 1 aliphatic heterocycles. The summed E-state index contributed by atoms with van der Waals surface area (Å²) in [7, 11) is 3.63. The highest BCUT2D eigenvalue weighted by Crippen LogP contribution is 2.25. The summed E-state index contributed by atoms with van der Waals surface area (Å²) in [5.41, 5.74) is 0. The summed E-state index contributed by atoms with van der Waals surface area (Å²) in [6.45, 7) is 2.11. The predicted molar refractivity (Wildman–Crippen MR) is 72.1 cm³/mol. The molecule has 1 aliphatic rings. The average Bonchev–Trinajstić information content (AvgIpc) is 2.45. The van der Waals surface area contributed by atoms with Crippen LogP contribution in [0.3, 0.4) is 0 Å². The Morgan fingerprint density at radius 3 is 3.11 bits per heavy atom. The molecule has 1 atom stereocenters. The van der Waals surface area contributed by atoms with E-state index in [0.29, 0.717) is 11.9 Å². The highest BCUT2D eigenvalue weighted by atomic mass is 16.5. The van der Waals surface area contributed by atoms with E-state index in [2.05, 4.69) is 20.2 Å². The standard InChI is InChI=1S/C13H22N4O/c1-14-7-6-11-5-3-4-8-17(11)12-9-15-10-13(16-12)18-2/h9-11,14H,3-8H2,1-2H3. The van der Waals surface area contributed by atoms with Gasteiger partial charge in [0.2, 0.25) is 5.88 Å². The first-order valence-electron chi connectivity index (χ1n) is 6.62. The van der Waals surface area contributed by atoms with Gasteiger partial charge in [-0.15, -0.1) is 0 Å². The molecule has 0 radical (unpaired) electrons. The van der Waals surface area contributed by atoms with Crippen molar-refractivity contribution in [3.05, 3.63) is 12.4 Å². The molecule has 1 fully saturated rings. The Labute approximate surface area is 109 Å². The number of hydrogen-bond acceptors (Lipinski definition) is 5. The van der Waals surface area contributed by atoms with Crippen molar-refractivity contribution in [2.24, 2.45) is 0 Å². The van der Waals surface area contributed by atoms with Gasteiger partial charge in [0.05, 0.1) is 19.5 Å². The van der Waals surface area contributed by atoms with E-state index < -0.39 is 0 Å². The van der Waals surface area contributed by atoms with Crippen molar-refractivity contribution in [1.29, 1.82) is 0 Å². The number of hydrogen-bond donors (Lipinski definition) is 1. The number of rotatable bonds is 5. The zero-order valence-electron chi connectivity index (χ0n) is 11.2. The Balaban J connectivity index is 2.11. The summed E-state index contributed by atoms with van der Waals surface area (Å²) in [6, 6.07) is 0.563. The zero-order chi connectivity index (χ0) is 12.8. The molecule has 1 aromatic rings. The van der Waals surface area contributed by atoms with Crippen molar-refractivity contribution in [3.8, 4) is 5.88 Å². The summed E-state index contributed by atoms with van der Waals surface area (Å²) in [6.07, 6.45) is 8.41. The summed E-state index contributed by atoms with van der Waals surface area (Å²) < 4.78 is 5.15. The first-order chi connectivity index (χ1) is 8.85. The Bertz CT molecular complexity index is 372. The fraction of sp³-hybridized carbons (Fsp3) is 0.692. The third-order valence-corrected chi connectivity index (χ3v) is 3.46. The summed E-state index contributed by atoms with van der Waals surface area (Å²) in [4.78, 5) is 11.1. The second-order valence-electron chi connectivity index (χ2n) is 4.65. The van der Waals surface area contributed by atoms with E-state index >= 15 is 0 Å². The fourth-order valence-electron chi connectivity index (χ4n) is 2.49. The van der Waals surface area contributed by atoms with E-state index in [1.54, 1.807) is 13.3 Å². The number of anilines is 1. The number of ether oxygens (including phenoxy) is 1. The largest absolute Gasteiger partial charge is 0.480 e. The lowest BCUT2D eigenvalue weighted by Crippen LogP contribution is -2.41. The van der Waals surface area contributed by atoms with Gasteiger partial charge in [-0.1, -0.05) is 0 Å². The van der Waals surface area contributed by atoms with E-state index in [1.807, 2.05) is 13.2 Å². The van der Waals surface area contributed by atoms with Crippen LogP contribution in [0, 0.1) is 0 Å². The van der Waals surface area contributed by atoms with Crippen molar-refractivity contribution in [3.63, 3.8) is 0 Å². The van der Waals surface area contributed by atoms with Crippen LogP contribution in [0.1, 0.15) is 25.7 Å². The summed E-state index contributed by atoms with van der Waals surface area (Å²) in [5, 5.41) is 3.22. The Hall–Kier alpha value is -1.36. The van der Waals surface area contributed by atoms with Crippen LogP contribution in [-0.4, -0.2) is 43.3 Å². The highest BCUT2D eigenvalue weighted by molar-refractivity contribution is 5.39. The maximum atomic E-state index is 5.15. The number of nitrogens with zero attached hydrogens (tertiary/aromatic N) is 3. The van der Waals surface area contributed by atoms with Crippen LogP contribution in [0.4, 0.5) is 5.82 Å². The van der Waals surface area contributed by atoms with Crippen molar-refractivity contribution >= 4 is 5.82 Å². The molecule has 1 saturated heterocycles. The lowest BCUT2D eigenvalue weighted by molar-refractivity contribution is 0.391. The zero-order valence-corrected chi connectivity index (χ0v) is 11.2. The van der Waals surface area contributed by atoms with Gasteiger partial charge in [-0.05, 0) is 39.3 Å². The van der Waals surface area contributed by atoms with Gasteiger partial charge in [-0.3, -0.25) is 4.98 Å². The highest BCUT2D eigenvalue weighted by Gasteiger charge is 2.23. The molecule has 0 spiro atoms. The summed E-state index contributed by atoms with van der Waals surface area (Å²) >= 11 is 0. The van der Waals surface area contributed by atoms with Crippen LogP contribution in [0.15, 0.2) is 12.4 Å². The molecule has 0 amide bonds. The molecule has 2 rings (SSSR count). The number of methoxy groups -OCH3 is 1. The SMILES string of the molecule is CNCCC1CCCCN1c1cncc(OC)n1. The molecule has 2 heterocycles. The van der Waals surface area contributed by atoms with Gasteiger partial charge in [0.15, 0.2) is 5.82 Å². The monoisotopic (exact) mass is 250 g/mol. The molecule has 1 aromatic heterocycles. The topological polar surface area (TPSA) is 50.3 Å². The third kappa shape index (κ3) is 3.10. The van der Waals surface area contributed by atoms with E-state index in [1.165, 1.54) is 19.3 Å². The van der Waals surface area contributed by atoms with Gasteiger partial charge < -0.3 is 15.0 Å². The molecule has 0 aromatic carbocycles. The van der Waals surface area contributed by atoms with Gasteiger partial charge in [-0.25, -0.2) is 0 Å². The summed E-state index contributed by atoms with van der Waals surface area (Å²) in [5.74, 6) is 1.53. The maximum Gasteiger partial charge on any atom is 0.233 e. The van der Waals surface area contributed by atoms with Gasteiger partial charge in [0.25, 0.3) is 0 Å². The average molecular weight is 250 g/mol. The number of nitrogens with one attached hydrogen (secondary N) is 1. The Kier molecular flexibility index (Phi) is 4.75. The molecular formula is C13H22N4O. The molecule has 1 N–H and O–H groups in total. The molecular weight excluding hydrogens is 228 g/mol. The van der Waals surface area contributed by atoms with Crippen molar-refractivity contribution in [1.82, 2.24) is 15.3 Å². The van der Waals surface area contributed by atoms with Gasteiger partial charge in [-0.2, -0.15) is 4.98 Å². The fourth-order valence-corrected chi connectivity index (χ4v) is 2.49. The quantitative estimate of drug-likeness (QED) is 0.857.